The summed E-state index contributed by atoms with van der Waals surface area (Å²) in [4.78, 5) is 22.3. The fraction of sp³-hybridized carbons (Fsp3) is 0.333. The molecule has 1 atom stereocenters. The molecule has 0 aliphatic carbocycles. The van der Waals surface area contributed by atoms with Crippen molar-refractivity contribution in [3.05, 3.63) is 70.3 Å². The number of rotatable bonds is 5. The molecule has 5 nitrogen and oxygen atoms in total. The van der Waals surface area contributed by atoms with Crippen LogP contribution in [0.3, 0.4) is 0 Å². The van der Waals surface area contributed by atoms with Gasteiger partial charge >= 0.3 is 0 Å². The lowest BCUT2D eigenvalue weighted by Gasteiger charge is -2.24. The molecule has 0 unspecified atom stereocenters. The molecule has 2 aromatic carbocycles. The highest BCUT2D eigenvalue weighted by atomic mass is 16.5. The van der Waals surface area contributed by atoms with Crippen molar-refractivity contribution in [2.45, 2.75) is 31.8 Å². The highest BCUT2D eigenvalue weighted by Gasteiger charge is 2.25. The molecule has 3 aromatic rings. The monoisotopic (exact) mass is 349 g/mol. The van der Waals surface area contributed by atoms with Crippen LogP contribution < -0.4 is 10.3 Å². The zero-order valence-electron chi connectivity index (χ0n) is 14.9. The minimum Gasteiger partial charge on any atom is -0.497 e. The molecule has 26 heavy (non-hydrogen) atoms. The van der Waals surface area contributed by atoms with Crippen LogP contribution in [-0.2, 0) is 13.0 Å². The Labute approximate surface area is 152 Å². The van der Waals surface area contributed by atoms with Crippen molar-refractivity contribution in [2.24, 2.45) is 0 Å². The van der Waals surface area contributed by atoms with Gasteiger partial charge in [0, 0.05) is 6.04 Å². The molecule has 1 saturated heterocycles. The lowest BCUT2D eigenvalue weighted by molar-refractivity contribution is 0.238. The van der Waals surface area contributed by atoms with E-state index in [0.717, 1.165) is 30.1 Å². The van der Waals surface area contributed by atoms with Crippen LogP contribution in [0.15, 0.2) is 53.3 Å². The summed E-state index contributed by atoms with van der Waals surface area (Å²) in [5, 5.41) is 0.646. The van der Waals surface area contributed by atoms with Gasteiger partial charge in [-0.25, -0.2) is 4.98 Å². The molecule has 1 fully saturated rings. The Morgan fingerprint density at radius 2 is 2.00 bits per heavy atom. The molecule has 5 heteroatoms. The first-order valence-corrected chi connectivity index (χ1v) is 9.08. The summed E-state index contributed by atoms with van der Waals surface area (Å²) >= 11 is 0. The third kappa shape index (κ3) is 3.48. The zero-order valence-corrected chi connectivity index (χ0v) is 14.9. The van der Waals surface area contributed by atoms with Crippen LogP contribution >= 0.6 is 0 Å². The van der Waals surface area contributed by atoms with Gasteiger partial charge in [-0.05, 0) is 55.6 Å². The molecular formula is C21H23N3O2. The molecule has 0 radical (unpaired) electrons. The Hall–Kier alpha value is -2.66. The number of benzene rings is 2. The van der Waals surface area contributed by atoms with Crippen molar-refractivity contribution in [1.29, 1.82) is 0 Å². The predicted molar refractivity (Wildman–Crippen MR) is 102 cm³/mol. The van der Waals surface area contributed by atoms with Gasteiger partial charge in [0.05, 0.1) is 24.6 Å². The second-order valence-corrected chi connectivity index (χ2v) is 6.85. The summed E-state index contributed by atoms with van der Waals surface area (Å²) in [7, 11) is 1.69. The number of nitrogens with zero attached hydrogens (tertiary/aromatic N) is 2. The van der Waals surface area contributed by atoms with Crippen molar-refractivity contribution < 1.29 is 4.74 Å². The second kappa shape index (κ2) is 7.30. The highest BCUT2D eigenvalue weighted by Crippen LogP contribution is 2.23. The smallest absolute Gasteiger partial charge is 0.258 e. The molecule has 134 valence electrons. The third-order valence-electron chi connectivity index (χ3n) is 5.14. The normalized spacial score (nSPS) is 17.7. The Balaban J connectivity index is 1.50. The van der Waals surface area contributed by atoms with E-state index < -0.39 is 0 Å². The largest absolute Gasteiger partial charge is 0.497 e. The van der Waals surface area contributed by atoms with E-state index in [0.29, 0.717) is 18.0 Å². The number of H-pyrrole nitrogens is 1. The van der Waals surface area contributed by atoms with Gasteiger partial charge in [-0.2, -0.15) is 0 Å². The number of ether oxygens (including phenoxy) is 1. The molecule has 2 heterocycles. The van der Waals surface area contributed by atoms with E-state index in [4.69, 9.17) is 4.74 Å². The maximum absolute atomic E-state index is 12.3. The molecule has 1 aromatic heterocycles. The number of likely N-dealkylation sites (tertiary alicyclic amines) is 1. The molecule has 4 rings (SSSR count). The number of hydrogen-bond acceptors (Lipinski definition) is 4. The number of aromatic nitrogens is 2. The van der Waals surface area contributed by atoms with E-state index in [9.17, 15) is 4.79 Å². The Kier molecular flexibility index (Phi) is 4.71. The quantitative estimate of drug-likeness (QED) is 0.769. The average molecular weight is 349 g/mol. The van der Waals surface area contributed by atoms with Gasteiger partial charge in [0.15, 0.2) is 0 Å². The number of aromatic amines is 1. The Morgan fingerprint density at radius 3 is 2.81 bits per heavy atom. The molecule has 1 aliphatic heterocycles. The van der Waals surface area contributed by atoms with Gasteiger partial charge in [0.1, 0.15) is 11.6 Å². The van der Waals surface area contributed by atoms with Gasteiger partial charge in [-0.1, -0.05) is 24.3 Å². The molecule has 0 spiro atoms. The maximum Gasteiger partial charge on any atom is 0.258 e. The van der Waals surface area contributed by atoms with Crippen LogP contribution in [0.25, 0.3) is 10.9 Å². The van der Waals surface area contributed by atoms with E-state index in [1.54, 1.807) is 7.11 Å². The minimum absolute atomic E-state index is 0.0588. The van der Waals surface area contributed by atoms with Crippen molar-refractivity contribution in [2.75, 3.05) is 13.7 Å². The fourth-order valence-electron chi connectivity index (χ4n) is 3.77. The summed E-state index contributed by atoms with van der Waals surface area (Å²) in [6, 6.07) is 16.2. The van der Waals surface area contributed by atoms with Gasteiger partial charge < -0.3 is 9.72 Å². The predicted octanol–water partition coefficient (Wildman–Crippen LogP) is 3.14. The lowest BCUT2D eigenvalue weighted by Crippen LogP contribution is -2.32. The standard InChI is InChI=1S/C21H23N3O2/c1-26-17-10-8-15(9-11-17)13-16-5-4-12-24(16)14-20-22-19-7-3-2-6-18(19)21(25)23-20/h2-3,6-11,16H,4-5,12-14H2,1H3,(H,22,23,25)/t16-/m1/s1. The van der Waals surface area contributed by atoms with Crippen LogP contribution in [-0.4, -0.2) is 34.6 Å². The lowest BCUT2D eigenvalue weighted by atomic mass is 10.0. The number of para-hydroxylation sites is 1. The van der Waals surface area contributed by atoms with Gasteiger partial charge in [0.2, 0.25) is 0 Å². The summed E-state index contributed by atoms with van der Waals surface area (Å²) in [5.74, 6) is 1.63. The second-order valence-electron chi connectivity index (χ2n) is 6.85. The van der Waals surface area contributed by atoms with Gasteiger partial charge in [-0.15, -0.1) is 0 Å². The Bertz CT molecular complexity index is 949. The third-order valence-corrected chi connectivity index (χ3v) is 5.14. The molecule has 1 N–H and O–H groups in total. The van der Waals surface area contributed by atoms with Crippen LogP contribution in [0.2, 0.25) is 0 Å². The van der Waals surface area contributed by atoms with Crippen LogP contribution in [0, 0.1) is 0 Å². The summed E-state index contributed by atoms with van der Waals surface area (Å²) in [6.45, 7) is 1.72. The highest BCUT2D eigenvalue weighted by molar-refractivity contribution is 5.77. The molecule has 0 amide bonds. The van der Waals surface area contributed by atoms with Crippen molar-refractivity contribution in [3.8, 4) is 5.75 Å². The van der Waals surface area contributed by atoms with Gasteiger partial charge in [0.25, 0.3) is 5.56 Å². The van der Waals surface area contributed by atoms with Crippen molar-refractivity contribution in [1.82, 2.24) is 14.9 Å². The van der Waals surface area contributed by atoms with Crippen molar-refractivity contribution >= 4 is 10.9 Å². The number of methoxy groups -OCH3 is 1. The van der Waals surface area contributed by atoms with Crippen LogP contribution in [0.1, 0.15) is 24.2 Å². The number of fused-ring (bicyclic) bond motifs is 1. The van der Waals surface area contributed by atoms with E-state index in [-0.39, 0.29) is 5.56 Å². The first kappa shape index (κ1) is 16.8. The number of hydrogen-bond donors (Lipinski definition) is 1. The fourth-order valence-corrected chi connectivity index (χ4v) is 3.77. The molecule has 0 saturated carbocycles. The van der Waals surface area contributed by atoms with E-state index in [1.807, 2.05) is 36.4 Å². The summed E-state index contributed by atoms with van der Waals surface area (Å²) < 4.78 is 5.23. The van der Waals surface area contributed by atoms with Crippen LogP contribution in [0.5, 0.6) is 5.75 Å². The summed E-state index contributed by atoms with van der Waals surface area (Å²) in [5.41, 5.74) is 2.01. The van der Waals surface area contributed by atoms with Crippen molar-refractivity contribution in [3.63, 3.8) is 0 Å². The zero-order chi connectivity index (χ0) is 17.9. The first-order valence-electron chi connectivity index (χ1n) is 9.08. The molecular weight excluding hydrogens is 326 g/mol. The molecule has 1 aliphatic rings. The average Bonchev–Trinajstić information content (AvgIpc) is 3.09. The van der Waals surface area contributed by atoms with E-state index in [2.05, 4.69) is 27.0 Å². The first-order chi connectivity index (χ1) is 12.7. The van der Waals surface area contributed by atoms with E-state index in [1.165, 1.54) is 18.4 Å². The van der Waals surface area contributed by atoms with E-state index >= 15 is 0 Å². The maximum atomic E-state index is 12.3. The topological polar surface area (TPSA) is 58.2 Å². The van der Waals surface area contributed by atoms with Gasteiger partial charge in [-0.3, -0.25) is 9.69 Å². The number of nitrogens with one attached hydrogen (secondary N) is 1. The van der Waals surface area contributed by atoms with Crippen LogP contribution in [0.4, 0.5) is 0 Å². The minimum atomic E-state index is -0.0588. The summed E-state index contributed by atoms with van der Waals surface area (Å²) in [6.07, 6.45) is 3.35. The Morgan fingerprint density at radius 1 is 1.19 bits per heavy atom. The SMILES string of the molecule is COc1ccc(C[C@H]2CCCN2Cc2nc3ccccc3c(=O)[nH]2)cc1. The molecule has 0 bridgehead atoms.